The largest absolute Gasteiger partial charge is 0.394 e. The van der Waals surface area contributed by atoms with E-state index in [1.807, 2.05) is 6.92 Å². The lowest BCUT2D eigenvalue weighted by atomic mass is 10.2. The molecule has 0 aromatic carbocycles. The van der Waals surface area contributed by atoms with Gasteiger partial charge in [-0.2, -0.15) is 0 Å². The van der Waals surface area contributed by atoms with E-state index in [9.17, 15) is 0 Å². The van der Waals surface area contributed by atoms with Crippen LogP contribution in [0.15, 0.2) is 0 Å². The van der Waals surface area contributed by atoms with Gasteiger partial charge >= 0.3 is 0 Å². The quantitative estimate of drug-likeness (QED) is 0.480. The summed E-state index contributed by atoms with van der Waals surface area (Å²) in [6, 6.07) is 0. The molecule has 0 fully saturated rings. The topological polar surface area (TPSA) is 68.2 Å². The predicted molar refractivity (Wildman–Crippen MR) is 81.1 cm³/mol. The Bertz CT molecular complexity index is 112. The van der Waals surface area contributed by atoms with Gasteiger partial charge in [0.15, 0.2) is 0 Å². The van der Waals surface area contributed by atoms with E-state index < -0.39 is 0 Å². The van der Waals surface area contributed by atoms with Gasteiger partial charge in [0.25, 0.3) is 0 Å². The number of unbranched alkanes of at least 4 members (excludes halogenated alkanes) is 4. The van der Waals surface area contributed by atoms with Crippen LogP contribution in [0.2, 0.25) is 0 Å². The third kappa shape index (κ3) is 26.4. The van der Waals surface area contributed by atoms with Crippen LogP contribution in [0.1, 0.15) is 46.0 Å². The van der Waals surface area contributed by atoms with E-state index in [0.29, 0.717) is 26.4 Å². The molecule has 0 aliphatic rings. The van der Waals surface area contributed by atoms with Crippen molar-refractivity contribution >= 4 is 0 Å². The van der Waals surface area contributed by atoms with Crippen LogP contribution in [0.4, 0.5) is 0 Å². The summed E-state index contributed by atoms with van der Waals surface area (Å²) in [5.74, 6) is 0. The Morgan fingerprint density at radius 3 is 1.60 bits per heavy atom. The highest BCUT2D eigenvalue weighted by molar-refractivity contribution is 4.40. The van der Waals surface area contributed by atoms with Gasteiger partial charge in [-0.15, -0.1) is 0 Å². The average molecular weight is 294 g/mol. The normalized spacial score (nSPS) is 10.2. The maximum Gasteiger partial charge on any atom is 0.0701 e. The smallest absolute Gasteiger partial charge is 0.0701 e. The molecule has 124 valence electrons. The Morgan fingerprint density at radius 2 is 1.15 bits per heavy atom. The fourth-order valence-electron chi connectivity index (χ4n) is 1.40. The van der Waals surface area contributed by atoms with Gasteiger partial charge in [-0.3, -0.25) is 0 Å². The highest BCUT2D eigenvalue weighted by Gasteiger charge is 1.87. The minimum atomic E-state index is 0.0417. The molecular formula is C15H34O5. The summed E-state index contributed by atoms with van der Waals surface area (Å²) >= 11 is 0. The van der Waals surface area contributed by atoms with Crippen LogP contribution in [0.5, 0.6) is 0 Å². The second kappa shape index (κ2) is 23.9. The van der Waals surface area contributed by atoms with Gasteiger partial charge in [0, 0.05) is 13.2 Å². The van der Waals surface area contributed by atoms with Crippen LogP contribution in [-0.4, -0.2) is 63.1 Å². The van der Waals surface area contributed by atoms with E-state index in [-0.39, 0.29) is 13.2 Å². The molecule has 0 unspecified atom stereocenters. The highest BCUT2D eigenvalue weighted by Crippen LogP contribution is 2.01. The standard InChI is InChI=1S/C9H20O.C6H14O4/c1-3-5-6-7-8-9-10-4-2;7-1-3-9-5-6-10-4-2-8/h3-9H2,1-2H3;7-8H,1-6H2. The van der Waals surface area contributed by atoms with Crippen molar-refractivity contribution in [2.75, 3.05) is 52.9 Å². The number of rotatable bonds is 14. The van der Waals surface area contributed by atoms with Crippen LogP contribution in [0, 0.1) is 0 Å². The van der Waals surface area contributed by atoms with Crippen molar-refractivity contribution in [3.63, 3.8) is 0 Å². The van der Waals surface area contributed by atoms with Gasteiger partial charge in [0.2, 0.25) is 0 Å². The molecule has 0 saturated heterocycles. The SMILES string of the molecule is CCCCCCCOCC.OCCOCCOCCO. The Morgan fingerprint density at radius 1 is 0.600 bits per heavy atom. The maximum atomic E-state index is 8.26. The van der Waals surface area contributed by atoms with Crippen molar-refractivity contribution in [2.24, 2.45) is 0 Å². The molecule has 0 saturated carbocycles. The van der Waals surface area contributed by atoms with Crippen molar-refractivity contribution in [1.29, 1.82) is 0 Å². The first-order valence-corrected chi connectivity index (χ1v) is 7.78. The van der Waals surface area contributed by atoms with E-state index in [4.69, 9.17) is 24.4 Å². The van der Waals surface area contributed by atoms with Gasteiger partial charge in [0.1, 0.15) is 0 Å². The van der Waals surface area contributed by atoms with Crippen molar-refractivity contribution in [3.8, 4) is 0 Å². The van der Waals surface area contributed by atoms with E-state index in [1.165, 1.54) is 32.1 Å². The second-order valence-corrected chi connectivity index (χ2v) is 4.28. The van der Waals surface area contributed by atoms with Crippen LogP contribution in [-0.2, 0) is 14.2 Å². The Kier molecular flexibility index (Phi) is 26.4. The van der Waals surface area contributed by atoms with Crippen LogP contribution in [0.3, 0.4) is 0 Å². The molecule has 0 atom stereocenters. The molecule has 0 radical (unpaired) electrons. The fraction of sp³-hybridized carbons (Fsp3) is 1.00. The summed E-state index contributed by atoms with van der Waals surface area (Å²) < 4.78 is 15.0. The van der Waals surface area contributed by atoms with Crippen LogP contribution >= 0.6 is 0 Å². The molecule has 5 nitrogen and oxygen atoms in total. The number of hydrogen-bond acceptors (Lipinski definition) is 5. The summed E-state index contributed by atoms with van der Waals surface area (Å²) in [6.45, 7) is 7.84. The van der Waals surface area contributed by atoms with Gasteiger partial charge in [0.05, 0.1) is 39.6 Å². The van der Waals surface area contributed by atoms with Crippen LogP contribution < -0.4 is 0 Å². The van der Waals surface area contributed by atoms with E-state index in [2.05, 4.69) is 6.92 Å². The fourth-order valence-corrected chi connectivity index (χ4v) is 1.40. The molecule has 0 aliphatic carbocycles. The van der Waals surface area contributed by atoms with E-state index in [1.54, 1.807) is 0 Å². The first kappa shape index (κ1) is 22.1. The van der Waals surface area contributed by atoms with Crippen LogP contribution in [0.25, 0.3) is 0 Å². The summed E-state index contributed by atoms with van der Waals surface area (Å²) in [7, 11) is 0. The lowest BCUT2D eigenvalue weighted by Crippen LogP contribution is -2.09. The molecule has 2 N–H and O–H groups in total. The molecular weight excluding hydrogens is 260 g/mol. The lowest BCUT2D eigenvalue weighted by molar-refractivity contribution is 0.0222. The molecule has 0 aromatic rings. The number of hydrogen-bond donors (Lipinski definition) is 2. The molecule has 0 aromatic heterocycles. The Labute approximate surface area is 124 Å². The first-order chi connectivity index (χ1) is 9.83. The third-order valence-corrected chi connectivity index (χ3v) is 2.44. The highest BCUT2D eigenvalue weighted by atomic mass is 16.5. The van der Waals surface area contributed by atoms with Gasteiger partial charge < -0.3 is 24.4 Å². The summed E-state index contributed by atoms with van der Waals surface area (Å²) in [4.78, 5) is 0. The molecule has 0 spiro atoms. The zero-order valence-corrected chi connectivity index (χ0v) is 13.3. The van der Waals surface area contributed by atoms with Crippen molar-refractivity contribution < 1.29 is 24.4 Å². The molecule has 0 bridgehead atoms. The van der Waals surface area contributed by atoms with E-state index >= 15 is 0 Å². The molecule has 0 aliphatic heterocycles. The van der Waals surface area contributed by atoms with Gasteiger partial charge in [-0.1, -0.05) is 32.6 Å². The monoisotopic (exact) mass is 294 g/mol. The number of ether oxygens (including phenoxy) is 3. The third-order valence-electron chi connectivity index (χ3n) is 2.44. The van der Waals surface area contributed by atoms with Crippen molar-refractivity contribution in [1.82, 2.24) is 0 Å². The molecule has 0 rings (SSSR count). The predicted octanol–water partition coefficient (Wildman–Crippen LogP) is 2.00. The zero-order valence-electron chi connectivity index (χ0n) is 13.3. The van der Waals surface area contributed by atoms with Crippen molar-refractivity contribution in [2.45, 2.75) is 46.0 Å². The summed E-state index contributed by atoms with van der Waals surface area (Å²) in [5.41, 5.74) is 0. The maximum absolute atomic E-state index is 8.26. The summed E-state index contributed by atoms with van der Waals surface area (Å²) in [6.07, 6.45) is 6.67. The Hall–Kier alpha value is -0.200. The number of aliphatic hydroxyl groups is 2. The zero-order chi connectivity index (χ0) is 15.3. The van der Waals surface area contributed by atoms with Gasteiger partial charge in [-0.05, 0) is 13.3 Å². The average Bonchev–Trinajstić information content (AvgIpc) is 2.47. The summed E-state index contributed by atoms with van der Waals surface area (Å²) in [5, 5.41) is 16.5. The minimum Gasteiger partial charge on any atom is -0.394 e. The first-order valence-electron chi connectivity index (χ1n) is 7.78. The minimum absolute atomic E-state index is 0.0417. The number of aliphatic hydroxyl groups excluding tert-OH is 2. The molecule has 20 heavy (non-hydrogen) atoms. The Balaban J connectivity index is 0. The molecule has 0 amide bonds. The lowest BCUT2D eigenvalue weighted by Gasteiger charge is -2.01. The van der Waals surface area contributed by atoms with Gasteiger partial charge in [-0.25, -0.2) is 0 Å². The van der Waals surface area contributed by atoms with Crippen molar-refractivity contribution in [3.05, 3.63) is 0 Å². The molecule has 5 heteroatoms. The molecule has 0 heterocycles. The second-order valence-electron chi connectivity index (χ2n) is 4.28. The van der Waals surface area contributed by atoms with E-state index in [0.717, 1.165) is 13.2 Å².